The molecule has 2 rings (SSSR count). The quantitative estimate of drug-likeness (QED) is 0.558. The van der Waals surface area contributed by atoms with Gasteiger partial charge in [0.05, 0.1) is 0 Å². The molecule has 1 aliphatic carbocycles. The lowest BCUT2D eigenvalue weighted by Crippen LogP contribution is -2.39. The zero-order valence-electron chi connectivity index (χ0n) is 7.95. The van der Waals surface area contributed by atoms with Gasteiger partial charge in [0.2, 0.25) is 5.91 Å². The maximum Gasteiger partial charge on any atom is 0.219 e. The molecule has 0 unspecified atom stereocenters. The van der Waals surface area contributed by atoms with Gasteiger partial charge >= 0.3 is 0 Å². The van der Waals surface area contributed by atoms with E-state index in [1.165, 1.54) is 0 Å². The molecule has 2 atom stereocenters. The monoisotopic (exact) mass is 181 g/mol. The molecule has 0 radical (unpaired) electrons. The summed E-state index contributed by atoms with van der Waals surface area (Å²) in [6.07, 6.45) is 3.29. The Kier molecular flexibility index (Phi) is 2.10. The normalized spacial score (nSPS) is 33.3. The van der Waals surface area contributed by atoms with E-state index in [-0.39, 0.29) is 5.91 Å². The van der Waals surface area contributed by atoms with E-state index in [4.69, 9.17) is 0 Å². The molecule has 3 heteroatoms. The fourth-order valence-corrected chi connectivity index (χ4v) is 2.64. The molecule has 1 saturated carbocycles. The van der Waals surface area contributed by atoms with Crippen LogP contribution in [0.5, 0.6) is 0 Å². The highest BCUT2D eigenvalue weighted by Crippen LogP contribution is 2.34. The number of amides is 1. The first-order chi connectivity index (χ1) is 6.18. The van der Waals surface area contributed by atoms with E-state index in [9.17, 15) is 9.59 Å². The number of nitrogens with zero attached hydrogens (tertiary/aromatic N) is 1. The first-order valence-electron chi connectivity index (χ1n) is 4.97. The van der Waals surface area contributed by atoms with Gasteiger partial charge in [-0.1, -0.05) is 0 Å². The van der Waals surface area contributed by atoms with Gasteiger partial charge in [-0.05, 0) is 18.8 Å². The lowest BCUT2D eigenvalue weighted by molar-refractivity contribution is -0.132. The molecule has 0 spiro atoms. The number of carbonyl (C=O) groups is 2. The van der Waals surface area contributed by atoms with Crippen LogP contribution < -0.4 is 0 Å². The number of hydrogen-bond donors (Lipinski definition) is 0. The fourth-order valence-electron chi connectivity index (χ4n) is 2.64. The van der Waals surface area contributed by atoms with E-state index in [2.05, 4.69) is 0 Å². The number of hydrogen-bond acceptors (Lipinski definition) is 2. The molecule has 2 fully saturated rings. The standard InChI is InChI=1S/C10H15NO2/c1-7(12)11-5-4-8-6-9(13)2-3-10(8)11/h8,10H,2-6H2,1H3/t8-,10-/m1/s1. The second kappa shape index (κ2) is 3.13. The van der Waals surface area contributed by atoms with Crippen LogP contribution in [0.3, 0.4) is 0 Å². The van der Waals surface area contributed by atoms with Crippen LogP contribution in [0.4, 0.5) is 0 Å². The average Bonchev–Trinajstić information content (AvgIpc) is 2.46. The highest BCUT2D eigenvalue weighted by atomic mass is 16.2. The van der Waals surface area contributed by atoms with Crippen molar-refractivity contribution in [1.29, 1.82) is 0 Å². The van der Waals surface area contributed by atoms with Crippen LogP contribution in [0.2, 0.25) is 0 Å². The van der Waals surface area contributed by atoms with Crippen molar-refractivity contribution in [2.45, 2.75) is 38.6 Å². The van der Waals surface area contributed by atoms with Crippen molar-refractivity contribution in [1.82, 2.24) is 4.90 Å². The van der Waals surface area contributed by atoms with Gasteiger partial charge in [0.15, 0.2) is 0 Å². The first-order valence-corrected chi connectivity index (χ1v) is 4.97. The SMILES string of the molecule is CC(=O)N1CC[C@@H]2CC(=O)CC[C@H]21. The third-order valence-electron chi connectivity index (χ3n) is 3.30. The molecule has 2 aliphatic rings. The van der Waals surface area contributed by atoms with Gasteiger partial charge in [-0.15, -0.1) is 0 Å². The predicted molar refractivity (Wildman–Crippen MR) is 48.1 cm³/mol. The van der Waals surface area contributed by atoms with Crippen molar-refractivity contribution >= 4 is 11.7 Å². The Hall–Kier alpha value is -0.860. The molecule has 1 saturated heterocycles. The lowest BCUT2D eigenvalue weighted by Gasteiger charge is -2.30. The summed E-state index contributed by atoms with van der Waals surface area (Å²) in [6.45, 7) is 2.48. The molecule has 72 valence electrons. The zero-order chi connectivity index (χ0) is 9.42. The van der Waals surface area contributed by atoms with E-state index in [0.29, 0.717) is 30.6 Å². The predicted octanol–water partition coefficient (Wildman–Crippen LogP) is 0.976. The largest absolute Gasteiger partial charge is 0.340 e. The number of ketones is 1. The summed E-state index contributed by atoms with van der Waals surface area (Å²) in [7, 11) is 0. The van der Waals surface area contributed by atoms with Gasteiger partial charge in [-0.25, -0.2) is 0 Å². The lowest BCUT2D eigenvalue weighted by atomic mass is 9.84. The fraction of sp³-hybridized carbons (Fsp3) is 0.800. The Labute approximate surface area is 78.1 Å². The van der Waals surface area contributed by atoms with Crippen molar-refractivity contribution in [3.8, 4) is 0 Å². The van der Waals surface area contributed by atoms with Gasteiger partial charge in [0, 0.05) is 32.4 Å². The van der Waals surface area contributed by atoms with Crippen LogP contribution >= 0.6 is 0 Å². The van der Waals surface area contributed by atoms with Crippen LogP contribution in [-0.2, 0) is 9.59 Å². The van der Waals surface area contributed by atoms with Crippen LogP contribution in [0.25, 0.3) is 0 Å². The number of rotatable bonds is 0. The summed E-state index contributed by atoms with van der Waals surface area (Å²) in [5.74, 6) is 1.01. The van der Waals surface area contributed by atoms with E-state index >= 15 is 0 Å². The second-order valence-electron chi connectivity index (χ2n) is 4.11. The second-order valence-corrected chi connectivity index (χ2v) is 4.11. The maximum atomic E-state index is 11.2. The topological polar surface area (TPSA) is 37.4 Å². The first kappa shape index (κ1) is 8.73. The van der Waals surface area contributed by atoms with Gasteiger partial charge in [0.25, 0.3) is 0 Å². The molecule has 1 heterocycles. The summed E-state index contributed by atoms with van der Waals surface area (Å²) in [4.78, 5) is 24.3. The number of Topliss-reactive ketones (excluding diaryl/α,β-unsaturated/α-hetero) is 1. The van der Waals surface area contributed by atoms with Gasteiger partial charge in [0.1, 0.15) is 5.78 Å². The van der Waals surface area contributed by atoms with Gasteiger partial charge in [-0.3, -0.25) is 9.59 Å². The minimum atomic E-state index is 0.168. The molecular weight excluding hydrogens is 166 g/mol. The van der Waals surface area contributed by atoms with Crippen LogP contribution in [0.1, 0.15) is 32.6 Å². The van der Waals surface area contributed by atoms with Crippen molar-refractivity contribution in [2.24, 2.45) is 5.92 Å². The third kappa shape index (κ3) is 1.47. The highest BCUT2D eigenvalue weighted by molar-refractivity contribution is 5.80. The van der Waals surface area contributed by atoms with E-state index in [1.54, 1.807) is 6.92 Å². The maximum absolute atomic E-state index is 11.2. The Morgan fingerprint density at radius 3 is 2.92 bits per heavy atom. The Bertz CT molecular complexity index is 249. The number of fused-ring (bicyclic) bond motifs is 1. The molecular formula is C10H15NO2. The molecule has 1 aliphatic heterocycles. The van der Waals surface area contributed by atoms with E-state index in [1.807, 2.05) is 4.90 Å². The van der Waals surface area contributed by atoms with Crippen molar-refractivity contribution in [3.63, 3.8) is 0 Å². The molecule has 0 N–H and O–H groups in total. The van der Waals surface area contributed by atoms with Gasteiger partial charge in [-0.2, -0.15) is 0 Å². The molecule has 1 amide bonds. The summed E-state index contributed by atoms with van der Waals surface area (Å²) in [6, 6.07) is 0.371. The van der Waals surface area contributed by atoms with E-state index in [0.717, 1.165) is 19.4 Å². The minimum Gasteiger partial charge on any atom is -0.340 e. The third-order valence-corrected chi connectivity index (χ3v) is 3.30. The molecule has 0 aromatic heterocycles. The van der Waals surface area contributed by atoms with E-state index < -0.39 is 0 Å². The Morgan fingerprint density at radius 2 is 2.23 bits per heavy atom. The van der Waals surface area contributed by atoms with Crippen LogP contribution in [0.15, 0.2) is 0 Å². The van der Waals surface area contributed by atoms with Crippen molar-refractivity contribution < 1.29 is 9.59 Å². The van der Waals surface area contributed by atoms with Crippen LogP contribution in [0, 0.1) is 5.92 Å². The number of likely N-dealkylation sites (tertiary alicyclic amines) is 1. The molecule has 13 heavy (non-hydrogen) atoms. The highest BCUT2D eigenvalue weighted by Gasteiger charge is 2.39. The summed E-state index contributed by atoms with van der Waals surface area (Å²) in [5, 5.41) is 0. The average molecular weight is 181 g/mol. The number of carbonyl (C=O) groups excluding carboxylic acids is 2. The molecule has 0 aromatic carbocycles. The Morgan fingerprint density at radius 1 is 1.46 bits per heavy atom. The zero-order valence-corrected chi connectivity index (χ0v) is 7.95. The van der Waals surface area contributed by atoms with Crippen LogP contribution in [-0.4, -0.2) is 29.2 Å². The summed E-state index contributed by atoms with van der Waals surface area (Å²) in [5.41, 5.74) is 0. The van der Waals surface area contributed by atoms with Crippen molar-refractivity contribution in [2.75, 3.05) is 6.54 Å². The molecule has 3 nitrogen and oxygen atoms in total. The summed E-state index contributed by atoms with van der Waals surface area (Å²) < 4.78 is 0. The van der Waals surface area contributed by atoms with Crippen molar-refractivity contribution in [3.05, 3.63) is 0 Å². The summed E-state index contributed by atoms with van der Waals surface area (Å²) >= 11 is 0. The minimum absolute atomic E-state index is 0.168. The Balaban J connectivity index is 2.08. The molecule has 0 bridgehead atoms. The smallest absolute Gasteiger partial charge is 0.219 e. The van der Waals surface area contributed by atoms with Gasteiger partial charge < -0.3 is 4.90 Å². The molecule has 0 aromatic rings.